The highest BCUT2D eigenvalue weighted by atomic mass is 16.5. The van der Waals surface area contributed by atoms with Crippen LogP contribution < -0.4 is 4.74 Å². The Balaban J connectivity index is 1.42. The molecule has 2 saturated carbocycles. The highest BCUT2D eigenvalue weighted by Crippen LogP contribution is 2.61. The lowest BCUT2D eigenvalue weighted by atomic mass is 9.55. The fourth-order valence-electron chi connectivity index (χ4n) is 6.72. The first-order valence-electron chi connectivity index (χ1n) is 11.1. The van der Waals surface area contributed by atoms with Gasteiger partial charge in [0.25, 0.3) is 0 Å². The minimum Gasteiger partial charge on any atom is -0.423 e. The first kappa shape index (κ1) is 18.9. The molecule has 2 fully saturated rings. The van der Waals surface area contributed by atoms with Crippen LogP contribution >= 0.6 is 0 Å². The van der Waals surface area contributed by atoms with E-state index in [2.05, 4.69) is 19.9 Å². The van der Waals surface area contributed by atoms with Crippen LogP contribution in [-0.4, -0.2) is 17.2 Å². The molecule has 2 aromatic carbocycles. The summed E-state index contributed by atoms with van der Waals surface area (Å²) in [6, 6.07) is 13.3. The van der Waals surface area contributed by atoms with Crippen LogP contribution in [0.5, 0.6) is 5.75 Å². The van der Waals surface area contributed by atoms with Crippen LogP contribution in [0.15, 0.2) is 42.5 Å². The van der Waals surface area contributed by atoms with E-state index in [-0.39, 0.29) is 17.5 Å². The van der Waals surface area contributed by atoms with E-state index in [4.69, 9.17) is 4.74 Å². The Labute approximate surface area is 173 Å². The van der Waals surface area contributed by atoms with Crippen molar-refractivity contribution in [3.05, 3.63) is 64.7 Å². The summed E-state index contributed by atoms with van der Waals surface area (Å²) in [5, 5.41) is 10.6. The van der Waals surface area contributed by atoms with Gasteiger partial charge in [-0.25, -0.2) is 4.79 Å². The number of aryl methyl sites for hydroxylation is 2. The zero-order valence-corrected chi connectivity index (χ0v) is 17.4. The van der Waals surface area contributed by atoms with E-state index >= 15 is 0 Å². The van der Waals surface area contributed by atoms with E-state index in [0.29, 0.717) is 29.1 Å². The van der Waals surface area contributed by atoms with Gasteiger partial charge in [-0.1, -0.05) is 25.1 Å². The molecule has 0 amide bonds. The Morgan fingerprint density at radius 1 is 1.10 bits per heavy atom. The third kappa shape index (κ3) is 3.02. The molecular weight excluding hydrogens is 360 g/mol. The molecule has 0 spiro atoms. The van der Waals surface area contributed by atoms with Crippen molar-refractivity contribution >= 4 is 5.97 Å². The van der Waals surface area contributed by atoms with Gasteiger partial charge in [0.05, 0.1) is 11.7 Å². The zero-order chi connectivity index (χ0) is 20.2. The molecule has 0 bridgehead atoms. The highest BCUT2D eigenvalue weighted by molar-refractivity contribution is 5.91. The third-order valence-electron chi connectivity index (χ3n) is 8.17. The molecule has 0 unspecified atom stereocenters. The fraction of sp³-hybridized carbons (Fsp3) is 0.500. The van der Waals surface area contributed by atoms with Crippen LogP contribution in [0.25, 0.3) is 0 Å². The van der Waals surface area contributed by atoms with Crippen molar-refractivity contribution in [3.63, 3.8) is 0 Å². The summed E-state index contributed by atoms with van der Waals surface area (Å²) in [7, 11) is 0. The maximum atomic E-state index is 12.5. The second-order valence-corrected chi connectivity index (χ2v) is 9.62. The van der Waals surface area contributed by atoms with Crippen molar-refractivity contribution in [2.45, 2.75) is 64.4 Å². The monoisotopic (exact) mass is 390 g/mol. The maximum Gasteiger partial charge on any atom is 0.343 e. The van der Waals surface area contributed by atoms with Crippen molar-refractivity contribution < 1.29 is 14.6 Å². The van der Waals surface area contributed by atoms with Crippen LogP contribution in [0.3, 0.4) is 0 Å². The molecule has 5 rings (SSSR count). The van der Waals surface area contributed by atoms with Crippen molar-refractivity contribution in [1.82, 2.24) is 0 Å². The third-order valence-corrected chi connectivity index (χ3v) is 8.17. The van der Waals surface area contributed by atoms with Crippen LogP contribution in [0.1, 0.15) is 72.0 Å². The molecule has 0 heterocycles. The molecule has 0 saturated heterocycles. The number of carbonyl (C=O) groups excluding carboxylic acids is 1. The second-order valence-electron chi connectivity index (χ2n) is 9.62. The minimum atomic E-state index is -0.299. The first-order valence-corrected chi connectivity index (χ1v) is 11.1. The van der Waals surface area contributed by atoms with Gasteiger partial charge in [0.15, 0.2) is 0 Å². The van der Waals surface area contributed by atoms with Crippen LogP contribution in [-0.2, 0) is 6.42 Å². The van der Waals surface area contributed by atoms with Gasteiger partial charge < -0.3 is 9.84 Å². The Morgan fingerprint density at radius 2 is 1.90 bits per heavy atom. The average Bonchev–Trinajstić information content (AvgIpc) is 3.03. The van der Waals surface area contributed by atoms with E-state index in [1.807, 2.05) is 24.3 Å². The summed E-state index contributed by atoms with van der Waals surface area (Å²) in [4.78, 5) is 12.5. The standard InChI is InChI=1S/C26H30O3/c1-16-14-19(29-25(28)17-6-4-3-5-7-17)15-18-8-9-20-21(24(16)18)12-13-26(2)22(20)10-11-23(26)27/h3-7,14-15,20-23,27H,8-13H2,1-2H3/t20-,21+,22+,23+,26+/m1/s1. The summed E-state index contributed by atoms with van der Waals surface area (Å²) < 4.78 is 5.71. The molecule has 3 nitrogen and oxygen atoms in total. The quantitative estimate of drug-likeness (QED) is 0.549. The van der Waals surface area contributed by atoms with Gasteiger partial charge in [0.1, 0.15) is 5.75 Å². The molecular formula is C26H30O3. The molecule has 1 N–H and O–H groups in total. The lowest BCUT2D eigenvalue weighted by Crippen LogP contribution is -2.44. The van der Waals surface area contributed by atoms with Crippen molar-refractivity contribution in [3.8, 4) is 5.75 Å². The van der Waals surface area contributed by atoms with Crippen LogP contribution in [0.2, 0.25) is 0 Å². The number of benzene rings is 2. The molecule has 29 heavy (non-hydrogen) atoms. The maximum absolute atomic E-state index is 12.5. The Morgan fingerprint density at radius 3 is 2.69 bits per heavy atom. The number of aliphatic hydroxyl groups excluding tert-OH is 1. The predicted molar refractivity (Wildman–Crippen MR) is 113 cm³/mol. The van der Waals surface area contributed by atoms with Crippen LogP contribution in [0.4, 0.5) is 0 Å². The lowest BCUT2D eigenvalue weighted by Gasteiger charge is -2.50. The van der Waals surface area contributed by atoms with E-state index in [1.54, 1.807) is 12.1 Å². The molecule has 5 atom stereocenters. The number of hydrogen-bond acceptors (Lipinski definition) is 3. The molecule has 0 aromatic heterocycles. The summed E-state index contributed by atoms with van der Waals surface area (Å²) in [6.45, 7) is 4.48. The number of fused-ring (bicyclic) bond motifs is 5. The van der Waals surface area contributed by atoms with Gasteiger partial charge in [-0.15, -0.1) is 0 Å². The van der Waals surface area contributed by atoms with E-state index in [0.717, 1.165) is 25.7 Å². The Bertz CT molecular complexity index is 934. The molecule has 0 aliphatic heterocycles. The van der Waals surface area contributed by atoms with Gasteiger partial charge in [-0.2, -0.15) is 0 Å². The Hall–Kier alpha value is -2.13. The summed E-state index contributed by atoms with van der Waals surface area (Å²) in [5.41, 5.74) is 4.77. The highest BCUT2D eigenvalue weighted by Gasteiger charge is 2.54. The normalized spacial score (nSPS) is 32.8. The molecule has 0 radical (unpaired) electrons. The van der Waals surface area contributed by atoms with Gasteiger partial charge in [0.2, 0.25) is 0 Å². The summed E-state index contributed by atoms with van der Waals surface area (Å²) in [6.07, 6.45) is 6.49. The van der Waals surface area contributed by atoms with E-state index in [1.165, 1.54) is 29.5 Å². The average molecular weight is 391 g/mol. The molecule has 2 aromatic rings. The van der Waals surface area contributed by atoms with Gasteiger partial charge in [-0.05, 0) is 110 Å². The van der Waals surface area contributed by atoms with Gasteiger partial charge in [-0.3, -0.25) is 0 Å². The number of ether oxygens (including phenoxy) is 1. The second kappa shape index (κ2) is 6.98. The number of hydrogen-bond donors (Lipinski definition) is 1. The van der Waals surface area contributed by atoms with E-state index in [9.17, 15) is 9.90 Å². The lowest BCUT2D eigenvalue weighted by molar-refractivity contribution is -0.0227. The Kier molecular flexibility index (Phi) is 4.54. The SMILES string of the molecule is Cc1cc(OC(=O)c2ccccc2)cc2c1[C@H]1CC[C@]3(C)[C@@H](O)CC[C@H]3[C@@H]1CC2. The summed E-state index contributed by atoms with van der Waals surface area (Å²) >= 11 is 0. The van der Waals surface area contributed by atoms with Gasteiger partial charge in [0, 0.05) is 0 Å². The molecule has 152 valence electrons. The van der Waals surface area contributed by atoms with E-state index < -0.39 is 0 Å². The van der Waals surface area contributed by atoms with Crippen molar-refractivity contribution in [2.24, 2.45) is 17.3 Å². The first-order chi connectivity index (χ1) is 14.0. The molecule has 3 aliphatic rings. The zero-order valence-electron chi connectivity index (χ0n) is 17.4. The topological polar surface area (TPSA) is 46.5 Å². The van der Waals surface area contributed by atoms with Crippen molar-refractivity contribution in [2.75, 3.05) is 0 Å². The number of carbonyl (C=O) groups is 1. The molecule has 3 aliphatic carbocycles. The largest absolute Gasteiger partial charge is 0.423 e. The number of aliphatic hydroxyl groups is 1. The molecule has 3 heteroatoms. The minimum absolute atomic E-state index is 0.109. The fourth-order valence-corrected chi connectivity index (χ4v) is 6.72. The number of rotatable bonds is 2. The number of esters is 1. The van der Waals surface area contributed by atoms with Crippen LogP contribution in [0, 0.1) is 24.2 Å². The predicted octanol–water partition coefficient (Wildman–Crippen LogP) is 5.43. The summed E-state index contributed by atoms with van der Waals surface area (Å²) in [5.74, 6) is 2.26. The smallest absolute Gasteiger partial charge is 0.343 e. The van der Waals surface area contributed by atoms with Crippen molar-refractivity contribution in [1.29, 1.82) is 0 Å². The van der Waals surface area contributed by atoms with Gasteiger partial charge >= 0.3 is 5.97 Å².